The number of amides is 1. The lowest BCUT2D eigenvalue weighted by atomic mass is 9.49. The SMILES string of the molecule is COC(=O)N[C@H]1[C@@H](C)O[C@@H](O[C@H]2C/C=C(/C)[C@@H]3C=C[C@@H]4[C@@H](O[C@H]5C[C@@H](O[C@H]6CC[C@@H](O[C@@H]7C[C@@H](O)[C@@H](O[C@H]8CC[C@@H](O)[C@H](C)O8)[C@H](C)O7)[C@H](C)O6)[C@@H](OC(C)=O)[C@H](C)O5)[C@@H](C)C[C@H](C)[C@H]4[C@]3(C)/C(O)=C3/C(=O)O[C@]4(CC(/C=C/C(C)=O)=C[C@H](O)[C@H]4/C=C\2C)C3=O)C[C@]1(C)N([O-])O. The Hall–Kier alpha value is -4.85. The maximum atomic E-state index is 15.8. The number of aliphatic hydroxyl groups is 4. The molecule has 4 aliphatic carbocycles. The summed E-state index contributed by atoms with van der Waals surface area (Å²) < 4.78 is 82.0. The number of hydroxylamine groups is 2. The van der Waals surface area contributed by atoms with Crippen LogP contribution in [-0.2, 0) is 80.8 Å². The molecule has 0 aromatic carbocycles. The zero-order valence-electron chi connectivity index (χ0n) is 57.6. The number of hydrogen-bond donors (Lipinski definition) is 6. The number of carbonyl (C=O) groups is 5. The van der Waals surface area contributed by atoms with Crippen molar-refractivity contribution in [3.05, 3.63) is 75.8 Å². The number of esters is 2. The summed E-state index contributed by atoms with van der Waals surface area (Å²) in [6.45, 7) is 22.6. The molecule has 2 bridgehead atoms. The number of allylic oxidation sites excluding steroid dienone is 5. The molecule has 0 unspecified atom stereocenters. The molecular formula is C70H101N2O24-. The fraction of sp³-hybridized carbons (Fsp3) is 0.757. The monoisotopic (exact) mass is 1350 g/mol. The third-order valence-electron chi connectivity index (χ3n) is 22.1. The van der Waals surface area contributed by atoms with Gasteiger partial charge in [0.15, 0.2) is 48.9 Å². The zero-order chi connectivity index (χ0) is 69.8. The van der Waals surface area contributed by atoms with Gasteiger partial charge in [0.05, 0.1) is 91.8 Å². The molecule has 1 spiro atoms. The molecule has 0 aromatic heterocycles. The largest absolute Gasteiger partial charge is 0.762 e. The lowest BCUT2D eigenvalue weighted by Crippen LogP contribution is -2.67. The number of nitrogens with zero attached hydrogens (tertiary/aromatic N) is 1. The van der Waals surface area contributed by atoms with Crippen molar-refractivity contribution in [2.75, 3.05) is 7.11 Å². The zero-order valence-corrected chi connectivity index (χ0v) is 57.6. The summed E-state index contributed by atoms with van der Waals surface area (Å²) in [7, 11) is 1.17. The van der Waals surface area contributed by atoms with Crippen LogP contribution in [0.1, 0.15) is 154 Å². The number of rotatable bonds is 15. The molecule has 10 rings (SSSR count). The van der Waals surface area contributed by atoms with Crippen molar-refractivity contribution >= 4 is 29.6 Å². The van der Waals surface area contributed by atoms with Gasteiger partial charge in [-0.05, 0) is 123 Å². The number of methoxy groups -OCH3 is 1. The van der Waals surface area contributed by atoms with E-state index in [1.54, 1.807) is 33.8 Å². The smallest absolute Gasteiger partial charge is 0.407 e. The average molecular weight is 1350 g/mol. The molecule has 6 N–H and O–H groups in total. The predicted octanol–water partition coefficient (Wildman–Crippen LogP) is 7.22. The van der Waals surface area contributed by atoms with Crippen LogP contribution in [0.4, 0.5) is 4.79 Å². The van der Waals surface area contributed by atoms with Crippen LogP contribution in [0.25, 0.3) is 0 Å². The van der Waals surface area contributed by atoms with Crippen molar-refractivity contribution < 1.29 is 111 Å². The van der Waals surface area contributed by atoms with Crippen LogP contribution in [0.15, 0.2) is 70.6 Å². The number of ketones is 2. The van der Waals surface area contributed by atoms with Gasteiger partial charge in [0.25, 0.3) is 0 Å². The third-order valence-corrected chi connectivity index (χ3v) is 22.1. The van der Waals surface area contributed by atoms with Gasteiger partial charge in [-0.15, -0.1) is 0 Å². The second-order valence-electron chi connectivity index (χ2n) is 29.1. The predicted molar refractivity (Wildman–Crippen MR) is 339 cm³/mol. The van der Waals surface area contributed by atoms with Gasteiger partial charge < -0.3 is 97.7 Å². The van der Waals surface area contributed by atoms with E-state index in [0.29, 0.717) is 43.3 Å². The van der Waals surface area contributed by atoms with E-state index in [1.165, 1.54) is 46.1 Å². The summed E-state index contributed by atoms with van der Waals surface area (Å²) >= 11 is 0. The van der Waals surface area contributed by atoms with Crippen LogP contribution >= 0.6 is 0 Å². The fourth-order valence-corrected chi connectivity index (χ4v) is 17.2. The van der Waals surface area contributed by atoms with Crippen LogP contribution in [0.2, 0.25) is 0 Å². The van der Waals surface area contributed by atoms with Crippen molar-refractivity contribution in [2.45, 2.75) is 288 Å². The molecule has 26 heteroatoms. The highest BCUT2D eigenvalue weighted by Gasteiger charge is 2.65. The third kappa shape index (κ3) is 15.0. The van der Waals surface area contributed by atoms with Crippen molar-refractivity contribution in [3.63, 3.8) is 0 Å². The fourth-order valence-electron chi connectivity index (χ4n) is 17.2. The van der Waals surface area contributed by atoms with Crippen LogP contribution in [0.5, 0.6) is 0 Å². The number of alkyl carbamates (subject to hydrolysis) is 1. The number of hydrogen-bond acceptors (Lipinski definition) is 25. The highest BCUT2D eigenvalue weighted by molar-refractivity contribution is 6.26. The molecule has 6 aliphatic heterocycles. The molecule has 26 nitrogen and oxygen atoms in total. The normalized spacial score (nSPS) is 47.2. The second-order valence-corrected chi connectivity index (χ2v) is 29.1. The molecule has 10 aliphatic rings. The molecule has 6 heterocycles. The number of carbonyl (C=O) groups excluding carboxylic acids is 5. The molecule has 7 fully saturated rings. The minimum Gasteiger partial charge on any atom is -0.762 e. The summed E-state index contributed by atoms with van der Waals surface area (Å²) in [5.41, 5.74) is -4.30. The number of fused-ring (bicyclic) bond motifs is 4. The molecule has 96 heavy (non-hydrogen) atoms. The second kappa shape index (κ2) is 29.8. The molecule has 536 valence electrons. The van der Waals surface area contributed by atoms with Crippen molar-refractivity contribution in [3.8, 4) is 0 Å². The Morgan fingerprint density at radius 1 is 0.708 bits per heavy atom. The van der Waals surface area contributed by atoms with E-state index >= 15 is 4.79 Å². The summed E-state index contributed by atoms with van der Waals surface area (Å²) in [6, 6.07) is -1.06. The van der Waals surface area contributed by atoms with Gasteiger partial charge >= 0.3 is 18.0 Å². The molecule has 29 atom stereocenters. The standard InChI is InChI=1S/C70H101N2O24/c1-32-15-21-50(91-57-31-68(12,72(82)83)63(41(10)89-57)71-67(81)84-14)33(2)26-46-48(76)27-43(17-16-36(5)73)30-70(46)65(79)58(66(80)96-70)64(78)69(13)45(32)19-18-44-59(69)34(3)25-35(4)60(44)95-56-29-52(62(40(9)88-56)90-42(11)74)93-53-24-22-51(38(7)86-53)92-55-28-49(77)61(39(8)87-55)94-54-23-20-47(75)37(6)85-54/h15-19,26-27,34-35,37-41,44-57,59-63,75-78,82H,20-25,28-31H2,1-14H3,(H,71,81)/q-1/b17-16+,32-15-,33-26-,64-58-/t34-,35-,37-,38-,39-,40-,41+,44-,45-,46+,47+,48-,49+,50-,51+,52+,53-,54-,55+,56-,57-,59+,60-,61-,62-,63-,68-,69+,70-/m0/s1. The average Bonchev–Trinajstić information content (AvgIpc) is 1.48. The Bertz CT molecular complexity index is 3040. The summed E-state index contributed by atoms with van der Waals surface area (Å²) in [4.78, 5) is 68.3. The minimum absolute atomic E-state index is 0.113. The maximum Gasteiger partial charge on any atom is 0.407 e. The van der Waals surface area contributed by atoms with E-state index in [-0.39, 0.29) is 54.9 Å². The summed E-state index contributed by atoms with van der Waals surface area (Å²) in [5, 5.41) is 73.1. The first kappa shape index (κ1) is 73.9. The Labute approximate surface area is 561 Å². The first-order valence-corrected chi connectivity index (χ1v) is 34.2. The van der Waals surface area contributed by atoms with Gasteiger partial charge in [-0.1, -0.05) is 62.8 Å². The number of aliphatic hydroxyl groups excluding tert-OH is 4. The maximum absolute atomic E-state index is 15.8. The first-order valence-electron chi connectivity index (χ1n) is 34.2. The Morgan fingerprint density at radius 3 is 2.00 bits per heavy atom. The molecule has 6 saturated heterocycles. The van der Waals surface area contributed by atoms with Crippen molar-refractivity contribution in [1.82, 2.24) is 10.5 Å². The van der Waals surface area contributed by atoms with E-state index in [2.05, 4.69) is 25.2 Å². The van der Waals surface area contributed by atoms with Gasteiger partial charge in [0, 0.05) is 62.7 Å². The highest BCUT2D eigenvalue weighted by atomic mass is 16.8. The van der Waals surface area contributed by atoms with Gasteiger partial charge in [-0.25, -0.2) is 9.59 Å². The van der Waals surface area contributed by atoms with Gasteiger partial charge in [-0.3, -0.25) is 19.6 Å². The molecule has 0 aromatic rings. The lowest BCUT2D eigenvalue weighted by molar-refractivity contribution is -0.331. The molecular weight excluding hydrogens is 1250 g/mol. The number of Topliss-reactive ketones (excluding diaryl/α,β-unsaturated/α-hetero) is 1. The Morgan fingerprint density at radius 2 is 1.34 bits per heavy atom. The van der Waals surface area contributed by atoms with Crippen LogP contribution in [0, 0.1) is 46.1 Å². The number of nitrogens with one attached hydrogen (secondary N) is 1. The summed E-state index contributed by atoms with van der Waals surface area (Å²) in [6.07, 6.45) is -1.15. The molecule has 1 amide bonds. The van der Waals surface area contributed by atoms with Gasteiger partial charge in [0.1, 0.15) is 23.5 Å². The van der Waals surface area contributed by atoms with E-state index < -0.39 is 198 Å². The van der Waals surface area contributed by atoms with E-state index in [0.717, 1.165) is 5.57 Å². The molecule has 1 saturated carbocycles. The van der Waals surface area contributed by atoms with Gasteiger partial charge in [0.2, 0.25) is 5.78 Å². The van der Waals surface area contributed by atoms with E-state index in [9.17, 15) is 50.0 Å². The first-order chi connectivity index (χ1) is 45.3. The Balaban J connectivity index is 0.919. The van der Waals surface area contributed by atoms with E-state index in [1.807, 2.05) is 39.8 Å². The van der Waals surface area contributed by atoms with Crippen LogP contribution in [0.3, 0.4) is 0 Å². The molecule has 0 radical (unpaired) electrons. The highest BCUT2D eigenvalue weighted by Crippen LogP contribution is 2.61. The van der Waals surface area contributed by atoms with Crippen LogP contribution < -0.4 is 5.32 Å². The number of ether oxygens (including phenoxy) is 13. The van der Waals surface area contributed by atoms with E-state index in [4.69, 9.17) is 61.6 Å². The van der Waals surface area contributed by atoms with Crippen LogP contribution in [-0.4, -0.2) is 202 Å². The van der Waals surface area contributed by atoms with Gasteiger partial charge in [-0.2, -0.15) is 0 Å². The minimum atomic E-state index is -2.14. The Kier molecular flexibility index (Phi) is 22.9. The summed E-state index contributed by atoms with van der Waals surface area (Å²) in [5.74, 6) is -6.57. The quantitative estimate of drug-likeness (QED) is 0.0235. The lowest BCUT2D eigenvalue weighted by Gasteiger charge is -2.56. The topological polar surface area (TPSA) is 345 Å². The van der Waals surface area contributed by atoms with Crippen molar-refractivity contribution in [2.24, 2.45) is 40.9 Å². The van der Waals surface area contributed by atoms with Crippen molar-refractivity contribution in [1.29, 1.82) is 0 Å².